The van der Waals surface area contributed by atoms with Gasteiger partial charge in [-0.2, -0.15) is 0 Å². The summed E-state index contributed by atoms with van der Waals surface area (Å²) in [6.45, 7) is 3.60. The van der Waals surface area contributed by atoms with Crippen LogP contribution in [0.1, 0.15) is 12.0 Å². The summed E-state index contributed by atoms with van der Waals surface area (Å²) in [5.41, 5.74) is 1.26. The maximum Gasteiger partial charge on any atom is 0.123 e. The van der Waals surface area contributed by atoms with Crippen molar-refractivity contribution in [2.24, 2.45) is 0 Å². The van der Waals surface area contributed by atoms with Gasteiger partial charge in [0, 0.05) is 31.6 Å². The lowest BCUT2D eigenvalue weighted by Gasteiger charge is -2.17. The average molecular weight is 201 g/mol. The Hall–Kier alpha value is -1.46. The van der Waals surface area contributed by atoms with Gasteiger partial charge >= 0.3 is 0 Å². The van der Waals surface area contributed by atoms with Crippen LogP contribution in [0.3, 0.4) is 0 Å². The molecule has 0 atom stereocenters. The van der Waals surface area contributed by atoms with Crippen LogP contribution in [0.4, 0.5) is 0 Å². The molecule has 0 saturated heterocycles. The molecule has 78 valence electrons. The van der Waals surface area contributed by atoms with E-state index in [1.54, 1.807) is 0 Å². The summed E-state index contributed by atoms with van der Waals surface area (Å²) >= 11 is 0. The van der Waals surface area contributed by atoms with Crippen molar-refractivity contribution in [2.75, 3.05) is 19.7 Å². The lowest BCUT2D eigenvalue weighted by molar-refractivity contribution is 0.230. The Morgan fingerprint density at radius 2 is 2.27 bits per heavy atom. The van der Waals surface area contributed by atoms with Gasteiger partial charge in [-0.15, -0.1) is 12.3 Å². The third-order valence-corrected chi connectivity index (χ3v) is 2.60. The normalized spacial score (nSPS) is 15.9. The maximum atomic E-state index is 5.67. The fourth-order valence-corrected chi connectivity index (χ4v) is 1.79. The van der Waals surface area contributed by atoms with E-state index in [0.29, 0.717) is 0 Å². The molecular formula is C13H15NO. The number of nitrogens with zero attached hydrogens (tertiary/aromatic N) is 1. The molecule has 2 heteroatoms. The molecule has 2 rings (SSSR count). The van der Waals surface area contributed by atoms with Gasteiger partial charge in [0.05, 0.1) is 0 Å². The van der Waals surface area contributed by atoms with Gasteiger partial charge in [-0.05, 0) is 6.07 Å². The summed E-state index contributed by atoms with van der Waals surface area (Å²) in [6.07, 6.45) is 6.08. The van der Waals surface area contributed by atoms with Crippen LogP contribution < -0.4 is 4.74 Å². The molecule has 0 saturated carbocycles. The molecule has 1 aromatic rings. The summed E-state index contributed by atoms with van der Waals surface area (Å²) in [5.74, 6) is 3.69. The van der Waals surface area contributed by atoms with Gasteiger partial charge in [0.25, 0.3) is 0 Å². The van der Waals surface area contributed by atoms with Crippen LogP contribution in [0.2, 0.25) is 0 Å². The minimum atomic E-state index is 0.752. The molecule has 2 nitrogen and oxygen atoms in total. The number of benzene rings is 1. The highest BCUT2D eigenvalue weighted by molar-refractivity contribution is 5.33. The number of rotatable bonds is 2. The van der Waals surface area contributed by atoms with E-state index in [-0.39, 0.29) is 0 Å². The van der Waals surface area contributed by atoms with E-state index in [9.17, 15) is 0 Å². The molecular weight excluding hydrogens is 186 g/mol. The lowest BCUT2D eigenvalue weighted by Crippen LogP contribution is -2.26. The molecule has 0 aromatic heterocycles. The quantitative estimate of drug-likeness (QED) is 0.678. The molecule has 0 N–H and O–H groups in total. The molecule has 0 unspecified atom stereocenters. The summed E-state index contributed by atoms with van der Waals surface area (Å²) < 4.78 is 5.67. The second kappa shape index (κ2) is 4.86. The minimum absolute atomic E-state index is 0.752. The van der Waals surface area contributed by atoms with E-state index < -0.39 is 0 Å². The number of hydrogen-bond acceptors (Lipinski definition) is 2. The smallest absolute Gasteiger partial charge is 0.123 e. The Morgan fingerprint density at radius 1 is 1.40 bits per heavy atom. The van der Waals surface area contributed by atoms with Crippen LogP contribution in [0.25, 0.3) is 0 Å². The Labute approximate surface area is 90.9 Å². The summed E-state index contributed by atoms with van der Waals surface area (Å²) in [7, 11) is 0. The zero-order chi connectivity index (χ0) is 10.5. The zero-order valence-electron chi connectivity index (χ0n) is 8.78. The van der Waals surface area contributed by atoms with Crippen LogP contribution in [0.15, 0.2) is 24.3 Å². The first-order valence-electron chi connectivity index (χ1n) is 5.26. The van der Waals surface area contributed by atoms with E-state index in [1.807, 2.05) is 18.2 Å². The number of ether oxygens (including phenoxy) is 1. The first-order chi connectivity index (χ1) is 7.40. The molecule has 1 heterocycles. The molecule has 1 aliphatic heterocycles. The highest BCUT2D eigenvalue weighted by Crippen LogP contribution is 2.22. The van der Waals surface area contributed by atoms with Crippen LogP contribution in [0, 0.1) is 12.3 Å². The van der Waals surface area contributed by atoms with E-state index in [2.05, 4.69) is 16.9 Å². The monoisotopic (exact) mass is 201 g/mol. The molecule has 0 amide bonds. The van der Waals surface area contributed by atoms with Crippen LogP contribution in [-0.2, 0) is 6.54 Å². The Kier molecular flexibility index (Phi) is 3.26. The van der Waals surface area contributed by atoms with E-state index >= 15 is 0 Å². The Bertz CT molecular complexity index is 367. The van der Waals surface area contributed by atoms with Gasteiger partial charge in [0.1, 0.15) is 12.4 Å². The van der Waals surface area contributed by atoms with Crippen LogP contribution in [0.5, 0.6) is 5.75 Å². The third kappa shape index (κ3) is 2.51. The van der Waals surface area contributed by atoms with E-state index in [1.165, 1.54) is 5.56 Å². The molecule has 1 aromatic carbocycles. The molecule has 0 bridgehead atoms. The van der Waals surface area contributed by atoms with Crippen molar-refractivity contribution >= 4 is 0 Å². The molecule has 0 radical (unpaired) electrons. The van der Waals surface area contributed by atoms with E-state index in [4.69, 9.17) is 11.2 Å². The molecule has 0 aliphatic carbocycles. The highest BCUT2D eigenvalue weighted by atomic mass is 16.5. The standard InChI is InChI=1S/C13H15NO/c1-2-3-8-14-9-10-15-13-7-5-4-6-12(13)11-14/h1,4-7H,3,8-11H2. The highest BCUT2D eigenvalue weighted by Gasteiger charge is 2.13. The third-order valence-electron chi connectivity index (χ3n) is 2.60. The minimum Gasteiger partial charge on any atom is -0.492 e. The SMILES string of the molecule is C#CCCN1CCOc2ccccc2C1. The predicted molar refractivity (Wildman–Crippen MR) is 60.7 cm³/mol. The van der Waals surface area contributed by atoms with Crippen LogP contribution >= 0.6 is 0 Å². The van der Waals surface area contributed by atoms with Crippen molar-refractivity contribution in [3.8, 4) is 18.1 Å². The topological polar surface area (TPSA) is 12.5 Å². The predicted octanol–water partition coefficient (Wildman–Crippen LogP) is 1.90. The van der Waals surface area contributed by atoms with Gasteiger partial charge in [0.15, 0.2) is 0 Å². The number of terminal acetylenes is 1. The zero-order valence-corrected chi connectivity index (χ0v) is 8.78. The Morgan fingerprint density at radius 3 is 3.13 bits per heavy atom. The molecule has 1 aliphatic rings. The van der Waals surface area contributed by atoms with Crippen molar-refractivity contribution in [1.82, 2.24) is 4.90 Å². The maximum absolute atomic E-state index is 5.67. The van der Waals surface area contributed by atoms with E-state index in [0.717, 1.165) is 38.4 Å². The van der Waals surface area contributed by atoms with Gasteiger partial charge in [0.2, 0.25) is 0 Å². The summed E-state index contributed by atoms with van der Waals surface area (Å²) in [5, 5.41) is 0. The lowest BCUT2D eigenvalue weighted by atomic mass is 10.2. The fourth-order valence-electron chi connectivity index (χ4n) is 1.79. The van der Waals surface area contributed by atoms with Crippen molar-refractivity contribution < 1.29 is 4.74 Å². The van der Waals surface area contributed by atoms with Crippen molar-refractivity contribution in [3.63, 3.8) is 0 Å². The first kappa shape index (κ1) is 10.1. The van der Waals surface area contributed by atoms with Crippen molar-refractivity contribution in [1.29, 1.82) is 0 Å². The second-order valence-electron chi connectivity index (χ2n) is 3.69. The van der Waals surface area contributed by atoms with Gasteiger partial charge < -0.3 is 4.74 Å². The average Bonchev–Trinajstić information content (AvgIpc) is 2.47. The molecule has 15 heavy (non-hydrogen) atoms. The second-order valence-corrected chi connectivity index (χ2v) is 3.69. The largest absolute Gasteiger partial charge is 0.492 e. The van der Waals surface area contributed by atoms with Gasteiger partial charge in [-0.25, -0.2) is 0 Å². The summed E-state index contributed by atoms with van der Waals surface area (Å²) in [6, 6.07) is 8.20. The molecule has 0 spiro atoms. The van der Waals surface area contributed by atoms with Crippen LogP contribution in [-0.4, -0.2) is 24.6 Å². The van der Waals surface area contributed by atoms with Crippen molar-refractivity contribution in [3.05, 3.63) is 29.8 Å². The number of hydrogen-bond donors (Lipinski definition) is 0. The summed E-state index contributed by atoms with van der Waals surface area (Å²) in [4.78, 5) is 2.34. The van der Waals surface area contributed by atoms with Crippen molar-refractivity contribution in [2.45, 2.75) is 13.0 Å². The Balaban J connectivity index is 2.08. The molecule has 0 fully saturated rings. The fraction of sp³-hybridized carbons (Fsp3) is 0.385. The number of fused-ring (bicyclic) bond motifs is 1. The van der Waals surface area contributed by atoms with Gasteiger partial charge in [-0.1, -0.05) is 18.2 Å². The number of para-hydroxylation sites is 1. The first-order valence-corrected chi connectivity index (χ1v) is 5.26. The van der Waals surface area contributed by atoms with Gasteiger partial charge in [-0.3, -0.25) is 4.90 Å².